The molecule has 2 aliphatic heterocycles. The summed E-state index contributed by atoms with van der Waals surface area (Å²) in [6, 6.07) is 1.33. The van der Waals surface area contributed by atoms with E-state index in [4.69, 9.17) is 4.74 Å². The predicted octanol–water partition coefficient (Wildman–Crippen LogP) is 3.56. The van der Waals surface area contributed by atoms with Crippen molar-refractivity contribution >= 4 is 11.3 Å². The van der Waals surface area contributed by atoms with Gasteiger partial charge in [-0.3, -0.25) is 9.58 Å². The zero-order chi connectivity index (χ0) is 17.7. The zero-order valence-electron chi connectivity index (χ0n) is 14.0. The number of alkyl halides is 3. The van der Waals surface area contributed by atoms with Crippen LogP contribution in [-0.4, -0.2) is 34.4 Å². The lowest BCUT2D eigenvalue weighted by molar-refractivity contribution is -0.134. The molecule has 2 aromatic heterocycles. The van der Waals surface area contributed by atoms with E-state index >= 15 is 0 Å². The largest absolute Gasteiger partial charge is 0.425 e. The molecule has 0 amide bonds. The number of rotatable bonds is 2. The van der Waals surface area contributed by atoms with Crippen LogP contribution in [0.1, 0.15) is 33.7 Å². The van der Waals surface area contributed by atoms with Gasteiger partial charge in [0.25, 0.3) is 0 Å². The van der Waals surface area contributed by atoms with E-state index in [9.17, 15) is 13.2 Å². The Labute approximate surface area is 148 Å². The van der Waals surface area contributed by atoms with Crippen molar-refractivity contribution in [3.63, 3.8) is 0 Å². The van der Waals surface area contributed by atoms with Crippen LogP contribution in [0.5, 0.6) is 0 Å². The smallest absolute Gasteiger partial charge is 0.370 e. The number of piperidine rings is 1. The van der Waals surface area contributed by atoms with E-state index in [2.05, 4.69) is 10.00 Å². The summed E-state index contributed by atoms with van der Waals surface area (Å²) in [6.07, 6.45) is 1.62. The summed E-state index contributed by atoms with van der Waals surface area (Å²) in [6.45, 7) is 2.94. The second-order valence-corrected chi connectivity index (χ2v) is 7.97. The molecule has 0 bridgehead atoms. The SMILES string of the molecule is Cn1cc(CN2CCC3(CC2)OCCc2sc(C(F)(F)F)cc23)cn1. The monoisotopic (exact) mass is 371 g/mol. The van der Waals surface area contributed by atoms with Crippen molar-refractivity contribution in [2.45, 2.75) is 37.6 Å². The van der Waals surface area contributed by atoms with Gasteiger partial charge < -0.3 is 4.74 Å². The summed E-state index contributed by atoms with van der Waals surface area (Å²) in [5.74, 6) is 0. The molecule has 2 aromatic rings. The molecule has 0 aliphatic carbocycles. The Bertz CT molecular complexity index is 760. The number of likely N-dealkylation sites (tertiary alicyclic amines) is 1. The van der Waals surface area contributed by atoms with Gasteiger partial charge in [-0.25, -0.2) is 0 Å². The molecule has 4 heterocycles. The van der Waals surface area contributed by atoms with Crippen molar-refractivity contribution in [3.8, 4) is 0 Å². The summed E-state index contributed by atoms with van der Waals surface area (Å²) in [4.78, 5) is 2.66. The van der Waals surface area contributed by atoms with Gasteiger partial charge in [0.1, 0.15) is 4.88 Å². The predicted molar refractivity (Wildman–Crippen MR) is 88.4 cm³/mol. The van der Waals surface area contributed by atoms with Gasteiger partial charge in [-0.05, 0) is 24.5 Å². The lowest BCUT2D eigenvalue weighted by atomic mass is 9.82. The van der Waals surface area contributed by atoms with E-state index in [-0.39, 0.29) is 0 Å². The van der Waals surface area contributed by atoms with E-state index in [1.54, 1.807) is 4.68 Å². The van der Waals surface area contributed by atoms with Crippen LogP contribution in [-0.2, 0) is 36.5 Å². The minimum Gasteiger partial charge on any atom is -0.370 e. The van der Waals surface area contributed by atoms with E-state index < -0.39 is 16.7 Å². The molecule has 0 saturated carbocycles. The molecule has 1 saturated heterocycles. The first-order valence-electron chi connectivity index (χ1n) is 8.40. The van der Waals surface area contributed by atoms with E-state index in [0.29, 0.717) is 13.0 Å². The molecule has 0 aromatic carbocycles. The lowest BCUT2D eigenvalue weighted by Crippen LogP contribution is -2.45. The van der Waals surface area contributed by atoms with Crippen molar-refractivity contribution < 1.29 is 17.9 Å². The number of thiophene rings is 1. The molecular weight excluding hydrogens is 351 g/mol. The number of aromatic nitrogens is 2. The molecule has 0 unspecified atom stereocenters. The molecule has 1 fully saturated rings. The van der Waals surface area contributed by atoms with Crippen molar-refractivity contribution in [1.29, 1.82) is 0 Å². The van der Waals surface area contributed by atoms with Crippen LogP contribution >= 0.6 is 11.3 Å². The highest BCUT2D eigenvalue weighted by atomic mass is 32.1. The minimum atomic E-state index is -4.27. The highest BCUT2D eigenvalue weighted by molar-refractivity contribution is 7.12. The summed E-state index contributed by atoms with van der Waals surface area (Å²) in [7, 11) is 1.89. The third-order valence-corrected chi connectivity index (χ3v) is 6.35. The van der Waals surface area contributed by atoms with Crippen LogP contribution < -0.4 is 0 Å². The number of halogens is 3. The molecule has 4 nitrogen and oxygen atoms in total. The summed E-state index contributed by atoms with van der Waals surface area (Å²) in [5.41, 5.74) is 1.38. The van der Waals surface area contributed by atoms with Crippen LogP contribution in [0.3, 0.4) is 0 Å². The maximum atomic E-state index is 13.1. The summed E-state index contributed by atoms with van der Waals surface area (Å²) < 4.78 is 47.1. The van der Waals surface area contributed by atoms with Crippen molar-refractivity contribution in [3.05, 3.63) is 39.3 Å². The maximum absolute atomic E-state index is 13.1. The molecule has 0 atom stereocenters. The van der Waals surface area contributed by atoms with Gasteiger partial charge in [0.15, 0.2) is 0 Å². The highest BCUT2D eigenvalue weighted by Gasteiger charge is 2.44. The lowest BCUT2D eigenvalue weighted by Gasteiger charge is -2.44. The van der Waals surface area contributed by atoms with Crippen LogP contribution in [0.2, 0.25) is 0 Å². The maximum Gasteiger partial charge on any atom is 0.425 e. The number of ether oxygens (including phenoxy) is 1. The second kappa shape index (κ2) is 6.10. The van der Waals surface area contributed by atoms with Gasteiger partial charge >= 0.3 is 6.18 Å². The Morgan fingerprint density at radius 2 is 2.08 bits per heavy atom. The van der Waals surface area contributed by atoms with Crippen LogP contribution in [0.4, 0.5) is 13.2 Å². The number of nitrogens with zero attached hydrogens (tertiary/aromatic N) is 3. The van der Waals surface area contributed by atoms with Gasteiger partial charge in [-0.1, -0.05) is 0 Å². The zero-order valence-corrected chi connectivity index (χ0v) is 14.8. The first-order valence-corrected chi connectivity index (χ1v) is 9.22. The Morgan fingerprint density at radius 3 is 2.72 bits per heavy atom. The molecule has 0 radical (unpaired) electrons. The number of aryl methyl sites for hydroxylation is 1. The molecule has 136 valence electrons. The normalized spacial score (nSPS) is 20.8. The van der Waals surface area contributed by atoms with E-state index in [1.165, 1.54) is 6.07 Å². The number of hydrogen-bond donors (Lipinski definition) is 0. The fraction of sp³-hybridized carbons (Fsp3) is 0.588. The van der Waals surface area contributed by atoms with E-state index in [0.717, 1.165) is 59.8 Å². The Kier molecular flexibility index (Phi) is 4.16. The number of hydrogen-bond acceptors (Lipinski definition) is 4. The standard InChI is InChI=1S/C17H20F3N3OS/c1-22-10-12(9-21-22)11-23-5-3-16(4-6-23)13-8-15(17(18,19)20)25-14(13)2-7-24-16/h8-10H,2-7,11H2,1H3. The van der Waals surface area contributed by atoms with Crippen molar-refractivity contribution in [2.75, 3.05) is 19.7 Å². The average molecular weight is 371 g/mol. The highest BCUT2D eigenvalue weighted by Crippen LogP contribution is 2.47. The molecular formula is C17H20F3N3OS. The summed E-state index contributed by atoms with van der Waals surface area (Å²) in [5, 5.41) is 4.18. The molecule has 8 heteroatoms. The van der Waals surface area contributed by atoms with Crippen molar-refractivity contribution in [2.24, 2.45) is 7.05 Å². The van der Waals surface area contributed by atoms with Crippen LogP contribution in [0.25, 0.3) is 0 Å². The molecule has 4 rings (SSSR count). The number of fused-ring (bicyclic) bond motifs is 2. The second-order valence-electron chi connectivity index (χ2n) is 6.84. The third kappa shape index (κ3) is 3.22. The van der Waals surface area contributed by atoms with Crippen molar-refractivity contribution in [1.82, 2.24) is 14.7 Å². The van der Waals surface area contributed by atoms with Gasteiger partial charge in [0, 0.05) is 49.7 Å². The molecule has 1 spiro atoms. The van der Waals surface area contributed by atoms with E-state index in [1.807, 2.05) is 19.4 Å². The summed E-state index contributed by atoms with van der Waals surface area (Å²) >= 11 is 0.886. The van der Waals surface area contributed by atoms with Gasteiger partial charge in [0.2, 0.25) is 0 Å². The fourth-order valence-corrected chi connectivity index (χ4v) is 4.95. The average Bonchev–Trinajstić information content (AvgIpc) is 3.17. The van der Waals surface area contributed by atoms with Gasteiger partial charge in [0.05, 0.1) is 18.4 Å². The topological polar surface area (TPSA) is 30.3 Å². The molecule has 0 N–H and O–H groups in total. The van der Waals surface area contributed by atoms with Crippen LogP contribution in [0.15, 0.2) is 18.5 Å². The minimum absolute atomic E-state index is 0.500. The quantitative estimate of drug-likeness (QED) is 0.809. The first-order chi connectivity index (χ1) is 11.9. The Balaban J connectivity index is 1.50. The van der Waals surface area contributed by atoms with Crippen LogP contribution in [0, 0.1) is 0 Å². The Morgan fingerprint density at radius 1 is 1.32 bits per heavy atom. The van der Waals surface area contributed by atoms with Gasteiger partial charge in [-0.15, -0.1) is 11.3 Å². The molecule has 25 heavy (non-hydrogen) atoms. The Hall–Kier alpha value is -1.38. The van der Waals surface area contributed by atoms with Gasteiger partial charge in [-0.2, -0.15) is 18.3 Å². The fourth-order valence-electron chi connectivity index (χ4n) is 3.85. The first kappa shape index (κ1) is 17.1. The third-order valence-electron chi connectivity index (χ3n) is 5.11. The molecule has 2 aliphatic rings.